The lowest BCUT2D eigenvalue weighted by Gasteiger charge is -2.36. The molecule has 0 fully saturated rings. The third kappa shape index (κ3) is 3.47. The van der Waals surface area contributed by atoms with Crippen molar-refractivity contribution in [3.63, 3.8) is 0 Å². The van der Waals surface area contributed by atoms with Crippen molar-refractivity contribution in [3.05, 3.63) is 101 Å². The number of fused-ring (bicyclic) bond motifs is 4. The van der Waals surface area contributed by atoms with Crippen molar-refractivity contribution in [2.75, 3.05) is 4.90 Å². The molecule has 0 bridgehead atoms. The first-order valence-corrected chi connectivity index (χ1v) is 12.4. The molecule has 0 amide bonds. The molecule has 0 saturated heterocycles. The van der Waals surface area contributed by atoms with Gasteiger partial charge in [0, 0.05) is 0 Å². The van der Waals surface area contributed by atoms with Gasteiger partial charge in [-0.1, -0.05) is 75.4 Å². The molecule has 35 heavy (non-hydrogen) atoms. The van der Waals surface area contributed by atoms with Crippen LogP contribution in [0.15, 0.2) is 78.9 Å². The lowest BCUT2D eigenvalue weighted by Crippen LogP contribution is -2.19. The maximum absolute atomic E-state index is 6.62. The molecule has 1 aliphatic heterocycles. The maximum atomic E-state index is 6.62. The molecule has 5 aromatic rings. The molecule has 1 aliphatic rings. The SMILES string of the molecule is Cc1cc(C(C)(C)C)cc(C)c1N1c2cc3ccccc3cc2Oc2cc3c(C)cccc3cc21. The maximum Gasteiger partial charge on any atom is 0.152 e. The normalized spacial score (nSPS) is 13.0. The lowest BCUT2D eigenvalue weighted by molar-refractivity contribution is 0.478. The fourth-order valence-corrected chi connectivity index (χ4v) is 5.40. The molecule has 5 aromatic carbocycles. The van der Waals surface area contributed by atoms with E-state index in [1.54, 1.807) is 0 Å². The van der Waals surface area contributed by atoms with Crippen molar-refractivity contribution in [2.45, 2.75) is 47.0 Å². The first-order valence-electron chi connectivity index (χ1n) is 12.4. The topological polar surface area (TPSA) is 12.5 Å². The van der Waals surface area contributed by atoms with Crippen molar-refractivity contribution in [1.82, 2.24) is 0 Å². The fraction of sp³-hybridized carbons (Fsp3) is 0.212. The van der Waals surface area contributed by atoms with Gasteiger partial charge in [-0.25, -0.2) is 0 Å². The van der Waals surface area contributed by atoms with E-state index in [2.05, 4.69) is 125 Å². The van der Waals surface area contributed by atoms with Gasteiger partial charge in [0.25, 0.3) is 0 Å². The Bertz CT molecular complexity index is 1610. The zero-order valence-corrected chi connectivity index (χ0v) is 21.4. The molecular formula is C33H31NO. The first kappa shape index (κ1) is 21.7. The summed E-state index contributed by atoms with van der Waals surface area (Å²) in [5, 5.41) is 4.85. The summed E-state index contributed by atoms with van der Waals surface area (Å²) in [6, 6.07) is 28.6. The van der Waals surface area contributed by atoms with Crippen LogP contribution in [0.25, 0.3) is 21.5 Å². The Kier molecular flexibility index (Phi) is 4.73. The molecule has 1 heterocycles. The van der Waals surface area contributed by atoms with Crippen molar-refractivity contribution < 1.29 is 4.74 Å². The van der Waals surface area contributed by atoms with E-state index in [9.17, 15) is 0 Å². The van der Waals surface area contributed by atoms with Crippen LogP contribution >= 0.6 is 0 Å². The van der Waals surface area contributed by atoms with Crippen molar-refractivity contribution in [2.24, 2.45) is 0 Å². The standard InChI is InChI=1S/C33H31NO/c1-20-10-9-13-25-17-29-31(19-27(20)25)35-30-18-24-12-8-7-11-23(24)16-28(30)34(29)32-21(2)14-26(15-22(32)3)33(4,5)6/h7-19H,1-6H3. The van der Waals surface area contributed by atoms with Gasteiger partial charge in [0.15, 0.2) is 11.5 Å². The van der Waals surface area contributed by atoms with Crippen LogP contribution in [0.2, 0.25) is 0 Å². The van der Waals surface area contributed by atoms with Gasteiger partial charge in [0.05, 0.1) is 17.1 Å². The minimum atomic E-state index is 0.0960. The zero-order chi connectivity index (χ0) is 24.5. The summed E-state index contributed by atoms with van der Waals surface area (Å²) in [7, 11) is 0. The number of ether oxygens (including phenoxy) is 1. The number of aryl methyl sites for hydroxylation is 3. The van der Waals surface area contributed by atoms with Gasteiger partial charge in [-0.15, -0.1) is 0 Å². The number of hydrogen-bond donors (Lipinski definition) is 0. The fourth-order valence-electron chi connectivity index (χ4n) is 5.40. The Balaban J connectivity index is 1.68. The number of benzene rings is 5. The predicted octanol–water partition coefficient (Wildman–Crippen LogP) is 9.79. The summed E-state index contributed by atoms with van der Waals surface area (Å²) < 4.78 is 6.62. The van der Waals surface area contributed by atoms with Gasteiger partial charge in [0.2, 0.25) is 0 Å². The van der Waals surface area contributed by atoms with Crippen molar-refractivity contribution in [1.29, 1.82) is 0 Å². The number of nitrogens with zero attached hydrogens (tertiary/aromatic N) is 1. The third-order valence-corrected chi connectivity index (χ3v) is 7.29. The number of anilines is 3. The summed E-state index contributed by atoms with van der Waals surface area (Å²) in [4.78, 5) is 2.42. The first-order chi connectivity index (χ1) is 16.7. The summed E-state index contributed by atoms with van der Waals surface area (Å²) in [6.45, 7) is 13.5. The van der Waals surface area contributed by atoms with Crippen LogP contribution in [0, 0.1) is 20.8 Å². The summed E-state index contributed by atoms with van der Waals surface area (Å²) in [5.41, 5.74) is 8.64. The molecule has 2 heteroatoms. The van der Waals surface area contributed by atoms with Crippen LogP contribution in [-0.2, 0) is 5.41 Å². The smallest absolute Gasteiger partial charge is 0.152 e. The highest BCUT2D eigenvalue weighted by Crippen LogP contribution is 2.54. The van der Waals surface area contributed by atoms with E-state index in [4.69, 9.17) is 4.74 Å². The minimum Gasteiger partial charge on any atom is -0.453 e. The van der Waals surface area contributed by atoms with E-state index < -0.39 is 0 Å². The van der Waals surface area contributed by atoms with Crippen molar-refractivity contribution in [3.8, 4) is 11.5 Å². The Morgan fingerprint density at radius 2 is 1.17 bits per heavy atom. The molecular weight excluding hydrogens is 426 g/mol. The highest BCUT2D eigenvalue weighted by Gasteiger charge is 2.30. The van der Waals surface area contributed by atoms with Crippen LogP contribution in [0.1, 0.15) is 43.0 Å². The second kappa shape index (κ2) is 7.61. The second-order valence-electron chi connectivity index (χ2n) is 10.9. The lowest BCUT2D eigenvalue weighted by atomic mass is 9.84. The summed E-state index contributed by atoms with van der Waals surface area (Å²) in [6.07, 6.45) is 0. The number of hydrogen-bond acceptors (Lipinski definition) is 2. The van der Waals surface area contributed by atoms with E-state index in [0.717, 1.165) is 22.9 Å². The predicted molar refractivity (Wildman–Crippen MR) is 149 cm³/mol. The minimum absolute atomic E-state index is 0.0960. The molecule has 2 nitrogen and oxygen atoms in total. The Morgan fingerprint density at radius 3 is 1.83 bits per heavy atom. The molecule has 174 valence electrons. The van der Waals surface area contributed by atoms with Crippen LogP contribution in [-0.4, -0.2) is 0 Å². The van der Waals surface area contributed by atoms with Crippen LogP contribution in [0.3, 0.4) is 0 Å². The molecule has 0 aromatic heterocycles. The molecule has 0 unspecified atom stereocenters. The molecule has 0 atom stereocenters. The Morgan fingerprint density at radius 1 is 0.600 bits per heavy atom. The largest absolute Gasteiger partial charge is 0.453 e. The van der Waals surface area contributed by atoms with E-state index in [-0.39, 0.29) is 5.41 Å². The molecule has 0 radical (unpaired) electrons. The van der Waals surface area contributed by atoms with Gasteiger partial charge in [0.1, 0.15) is 0 Å². The van der Waals surface area contributed by atoms with Gasteiger partial charge in [-0.05, 0) is 94.3 Å². The van der Waals surface area contributed by atoms with Gasteiger partial charge in [-0.3, -0.25) is 0 Å². The highest BCUT2D eigenvalue weighted by atomic mass is 16.5. The highest BCUT2D eigenvalue weighted by molar-refractivity contribution is 6.00. The number of rotatable bonds is 1. The van der Waals surface area contributed by atoms with E-state index in [0.29, 0.717) is 0 Å². The van der Waals surface area contributed by atoms with Crippen LogP contribution in [0.5, 0.6) is 11.5 Å². The van der Waals surface area contributed by atoms with Crippen molar-refractivity contribution >= 4 is 38.6 Å². The molecule has 0 aliphatic carbocycles. The van der Waals surface area contributed by atoms with Crippen LogP contribution < -0.4 is 9.64 Å². The molecule has 6 rings (SSSR count). The molecule has 0 spiro atoms. The Labute approximate surface area is 207 Å². The quantitative estimate of drug-likeness (QED) is 0.244. The summed E-state index contributed by atoms with van der Waals surface area (Å²) >= 11 is 0. The average molecular weight is 458 g/mol. The van der Waals surface area contributed by atoms with Gasteiger partial charge < -0.3 is 9.64 Å². The second-order valence-corrected chi connectivity index (χ2v) is 10.9. The zero-order valence-electron chi connectivity index (χ0n) is 21.4. The van der Waals surface area contributed by atoms with E-state index >= 15 is 0 Å². The van der Waals surface area contributed by atoms with Crippen LogP contribution in [0.4, 0.5) is 17.1 Å². The monoisotopic (exact) mass is 457 g/mol. The Hall–Kier alpha value is -3.78. The average Bonchev–Trinajstić information content (AvgIpc) is 2.81. The van der Waals surface area contributed by atoms with E-state index in [1.165, 1.54) is 49.5 Å². The van der Waals surface area contributed by atoms with E-state index in [1.807, 2.05) is 0 Å². The van der Waals surface area contributed by atoms with Gasteiger partial charge >= 0.3 is 0 Å². The molecule has 0 saturated carbocycles. The summed E-state index contributed by atoms with van der Waals surface area (Å²) in [5.74, 6) is 1.79. The third-order valence-electron chi connectivity index (χ3n) is 7.29. The molecule has 0 N–H and O–H groups in total. The van der Waals surface area contributed by atoms with Gasteiger partial charge in [-0.2, -0.15) is 0 Å².